The van der Waals surface area contributed by atoms with Crippen molar-refractivity contribution < 1.29 is 8.42 Å². The Morgan fingerprint density at radius 3 is 2.40 bits per heavy atom. The Hall–Kier alpha value is -3.78. The van der Waals surface area contributed by atoms with Crippen LogP contribution >= 0.6 is 0 Å². The number of hydrogen-bond donors (Lipinski definition) is 2. The Labute approximate surface area is 203 Å². The summed E-state index contributed by atoms with van der Waals surface area (Å²) in [6.45, 7) is 6.37. The molecule has 9 nitrogen and oxygen atoms in total. The molecule has 10 heteroatoms. The molecule has 2 unspecified atom stereocenters. The highest BCUT2D eigenvalue weighted by Crippen LogP contribution is 2.30. The third-order valence-electron chi connectivity index (χ3n) is 6.36. The molecule has 0 spiro atoms. The fraction of sp³-hybridized carbons (Fsp3) is 0.240. The summed E-state index contributed by atoms with van der Waals surface area (Å²) in [5, 5.41) is 22.5. The van der Waals surface area contributed by atoms with Crippen molar-refractivity contribution in [3.63, 3.8) is 0 Å². The number of anilines is 1. The summed E-state index contributed by atoms with van der Waals surface area (Å²) in [6.07, 6.45) is 5.25. The van der Waals surface area contributed by atoms with Gasteiger partial charge in [-0.15, -0.1) is 0 Å². The number of nitrogens with two attached hydrogens (primary N) is 1. The summed E-state index contributed by atoms with van der Waals surface area (Å²) >= 11 is 0. The van der Waals surface area contributed by atoms with Gasteiger partial charge in [0.2, 0.25) is 10.0 Å². The van der Waals surface area contributed by atoms with Gasteiger partial charge in [-0.1, -0.05) is 12.1 Å². The van der Waals surface area contributed by atoms with Crippen LogP contribution in [0.15, 0.2) is 66.0 Å². The van der Waals surface area contributed by atoms with Crippen molar-refractivity contribution in [3.8, 4) is 28.3 Å². The van der Waals surface area contributed by atoms with Gasteiger partial charge < -0.3 is 10.2 Å². The van der Waals surface area contributed by atoms with E-state index >= 15 is 0 Å². The van der Waals surface area contributed by atoms with Crippen LogP contribution in [0.25, 0.3) is 27.9 Å². The molecule has 2 atom stereocenters. The number of nitrogens with zero attached hydrogens (tertiary/aromatic N) is 5. The summed E-state index contributed by atoms with van der Waals surface area (Å²) in [5.74, 6) is 0. The second kappa shape index (κ2) is 8.78. The molecular weight excluding hydrogens is 462 g/mol. The fourth-order valence-corrected chi connectivity index (χ4v) is 5.26. The highest BCUT2D eigenvalue weighted by molar-refractivity contribution is 7.89. The van der Waals surface area contributed by atoms with Gasteiger partial charge in [0.25, 0.3) is 0 Å². The lowest BCUT2D eigenvalue weighted by atomic mass is 10.0. The van der Waals surface area contributed by atoms with Gasteiger partial charge >= 0.3 is 0 Å². The Bertz CT molecular complexity index is 1550. The molecule has 0 aliphatic carbocycles. The zero-order valence-electron chi connectivity index (χ0n) is 19.4. The topological polar surface area (TPSA) is 129 Å². The maximum absolute atomic E-state index is 11.9. The van der Waals surface area contributed by atoms with Gasteiger partial charge in [-0.3, -0.25) is 0 Å². The summed E-state index contributed by atoms with van der Waals surface area (Å²) < 4.78 is 25.4. The van der Waals surface area contributed by atoms with Crippen molar-refractivity contribution in [2.24, 2.45) is 5.14 Å². The van der Waals surface area contributed by atoms with Crippen molar-refractivity contribution in [3.05, 3.63) is 66.6 Å². The Kier molecular flexibility index (Phi) is 5.76. The average molecular weight is 488 g/mol. The first kappa shape index (κ1) is 23.0. The van der Waals surface area contributed by atoms with E-state index in [0.29, 0.717) is 28.9 Å². The van der Waals surface area contributed by atoms with Crippen molar-refractivity contribution >= 4 is 21.4 Å². The third-order valence-corrected chi connectivity index (χ3v) is 7.25. The fourth-order valence-electron chi connectivity index (χ4n) is 4.68. The number of benzene rings is 2. The Morgan fingerprint density at radius 2 is 1.74 bits per heavy atom. The van der Waals surface area contributed by atoms with Crippen molar-refractivity contribution in [1.82, 2.24) is 19.9 Å². The SMILES string of the molecule is CC1CNCC(C)N1c1ccc(-c2cnc3c(-c4cc(C#N)cc(S(N)(=O)=O)c4)cnn3c2)cc1. The van der Waals surface area contributed by atoms with E-state index in [0.717, 1.165) is 24.2 Å². The van der Waals surface area contributed by atoms with Gasteiger partial charge in [0, 0.05) is 54.4 Å². The molecule has 1 fully saturated rings. The van der Waals surface area contributed by atoms with Gasteiger partial charge in [0.15, 0.2) is 5.65 Å². The zero-order chi connectivity index (χ0) is 24.7. The number of primary sulfonamides is 1. The van der Waals surface area contributed by atoms with E-state index in [9.17, 15) is 13.7 Å². The van der Waals surface area contributed by atoms with Crippen LogP contribution in [0.4, 0.5) is 5.69 Å². The molecule has 4 aromatic rings. The maximum atomic E-state index is 11.9. The van der Waals surface area contributed by atoms with E-state index in [1.165, 1.54) is 17.8 Å². The number of nitriles is 1. The predicted octanol–water partition coefficient (Wildman–Crippen LogP) is 2.77. The number of rotatable bonds is 4. The van der Waals surface area contributed by atoms with Crippen LogP contribution in [-0.2, 0) is 10.0 Å². The minimum absolute atomic E-state index is 0.129. The first-order chi connectivity index (χ1) is 16.7. The Balaban J connectivity index is 1.49. The highest BCUT2D eigenvalue weighted by atomic mass is 32.2. The maximum Gasteiger partial charge on any atom is 0.238 e. The molecule has 1 saturated heterocycles. The molecule has 1 aliphatic rings. The van der Waals surface area contributed by atoms with Crippen LogP contribution < -0.4 is 15.4 Å². The molecule has 2 aromatic carbocycles. The molecule has 35 heavy (non-hydrogen) atoms. The number of fused-ring (bicyclic) bond motifs is 1. The van der Waals surface area contributed by atoms with E-state index in [4.69, 9.17) is 5.14 Å². The molecule has 5 rings (SSSR count). The largest absolute Gasteiger partial charge is 0.364 e. The normalized spacial score (nSPS) is 18.5. The lowest BCUT2D eigenvalue weighted by Crippen LogP contribution is -2.55. The van der Waals surface area contributed by atoms with E-state index in [-0.39, 0.29) is 10.5 Å². The second-order valence-electron chi connectivity index (χ2n) is 8.88. The average Bonchev–Trinajstić information content (AvgIpc) is 3.27. The number of sulfonamides is 1. The molecule has 1 aliphatic heterocycles. The highest BCUT2D eigenvalue weighted by Gasteiger charge is 2.24. The molecule has 2 aromatic heterocycles. The van der Waals surface area contributed by atoms with Crippen LogP contribution in [0.5, 0.6) is 0 Å². The number of piperazine rings is 1. The molecule has 0 amide bonds. The van der Waals surface area contributed by atoms with E-state index < -0.39 is 10.0 Å². The van der Waals surface area contributed by atoms with Crippen LogP contribution in [0.3, 0.4) is 0 Å². The first-order valence-corrected chi connectivity index (χ1v) is 12.8. The molecule has 3 heterocycles. The minimum atomic E-state index is -3.97. The van der Waals surface area contributed by atoms with Crippen LogP contribution in [0, 0.1) is 11.3 Å². The zero-order valence-corrected chi connectivity index (χ0v) is 20.2. The first-order valence-electron chi connectivity index (χ1n) is 11.3. The lowest BCUT2D eigenvalue weighted by molar-refractivity contribution is 0.432. The van der Waals surface area contributed by atoms with Crippen molar-refractivity contribution in [1.29, 1.82) is 5.26 Å². The van der Waals surface area contributed by atoms with Gasteiger partial charge in [-0.2, -0.15) is 10.4 Å². The third kappa shape index (κ3) is 4.37. The molecule has 178 valence electrons. The predicted molar refractivity (Wildman–Crippen MR) is 134 cm³/mol. The van der Waals surface area contributed by atoms with E-state index in [1.807, 2.05) is 12.3 Å². The summed E-state index contributed by atoms with van der Waals surface area (Å²) in [6, 6.07) is 15.5. The number of nitrogens with one attached hydrogen (secondary N) is 1. The molecular formula is C25H25N7O2S. The summed E-state index contributed by atoms with van der Waals surface area (Å²) in [5.41, 5.74) is 4.95. The van der Waals surface area contributed by atoms with Gasteiger partial charge in [0.1, 0.15) is 0 Å². The van der Waals surface area contributed by atoms with Crippen molar-refractivity contribution in [2.75, 3.05) is 18.0 Å². The van der Waals surface area contributed by atoms with Crippen LogP contribution in [0.1, 0.15) is 19.4 Å². The van der Waals surface area contributed by atoms with Crippen molar-refractivity contribution in [2.45, 2.75) is 30.8 Å². The lowest BCUT2D eigenvalue weighted by Gasteiger charge is -2.41. The molecule has 0 saturated carbocycles. The summed E-state index contributed by atoms with van der Waals surface area (Å²) in [4.78, 5) is 6.90. The second-order valence-corrected chi connectivity index (χ2v) is 10.4. The molecule has 0 radical (unpaired) electrons. The van der Waals surface area contributed by atoms with E-state index in [2.05, 4.69) is 58.4 Å². The number of aromatic nitrogens is 3. The minimum Gasteiger partial charge on any atom is -0.364 e. The standard InChI is InChI=1S/C25H25N7O2S/c1-16-11-28-12-17(2)32(16)22-5-3-19(4-6-22)21-13-29-25-24(14-30-31(25)15-21)20-7-18(10-26)8-23(9-20)35(27,33)34/h3-9,13-17,28H,11-12H2,1-2H3,(H2,27,33,34). The summed E-state index contributed by atoms with van der Waals surface area (Å²) in [7, 11) is -3.97. The van der Waals surface area contributed by atoms with Crippen LogP contribution in [0.2, 0.25) is 0 Å². The quantitative estimate of drug-likeness (QED) is 0.453. The van der Waals surface area contributed by atoms with Gasteiger partial charge in [-0.25, -0.2) is 23.1 Å². The van der Waals surface area contributed by atoms with E-state index in [1.54, 1.807) is 23.0 Å². The monoisotopic (exact) mass is 487 g/mol. The van der Waals surface area contributed by atoms with Gasteiger partial charge in [0.05, 0.1) is 22.7 Å². The smallest absolute Gasteiger partial charge is 0.238 e. The van der Waals surface area contributed by atoms with Crippen LogP contribution in [-0.4, -0.2) is 48.2 Å². The van der Waals surface area contributed by atoms with Gasteiger partial charge in [-0.05, 0) is 55.3 Å². The molecule has 0 bridgehead atoms. The Morgan fingerprint density at radius 1 is 1.03 bits per heavy atom. The number of hydrogen-bond acceptors (Lipinski definition) is 7. The molecule has 3 N–H and O–H groups in total.